The fraction of sp³-hybridized carbons (Fsp3) is 0.625. The Balaban J connectivity index is 2.72. The summed E-state index contributed by atoms with van der Waals surface area (Å²) in [4.78, 5) is 1.42. The minimum absolute atomic E-state index is 0.0945. The van der Waals surface area contributed by atoms with E-state index in [0.29, 0.717) is 13.1 Å². The predicted molar refractivity (Wildman–Crippen MR) is 80.4 cm³/mol. The van der Waals surface area contributed by atoms with Crippen LogP contribution in [0.15, 0.2) is 24.3 Å². The molecule has 1 unspecified atom stereocenters. The van der Waals surface area contributed by atoms with Gasteiger partial charge in [0.2, 0.25) is 0 Å². The van der Waals surface area contributed by atoms with Gasteiger partial charge in [-0.3, -0.25) is 4.90 Å². The Morgan fingerprint density at radius 1 is 1.14 bits per heavy atom. The minimum Gasteiger partial charge on any atom is -0.312 e. The van der Waals surface area contributed by atoms with Gasteiger partial charge in [0, 0.05) is 12.6 Å². The van der Waals surface area contributed by atoms with E-state index in [0.717, 1.165) is 18.4 Å². The lowest BCUT2D eigenvalue weighted by Crippen LogP contribution is -2.39. The van der Waals surface area contributed by atoms with E-state index in [1.54, 1.807) is 14.0 Å². The molecule has 0 aromatic heterocycles. The molecule has 1 rings (SSSR count). The van der Waals surface area contributed by atoms with Gasteiger partial charge in [0.15, 0.2) is 0 Å². The summed E-state index contributed by atoms with van der Waals surface area (Å²) in [7, 11) is 1.78. The van der Waals surface area contributed by atoms with E-state index >= 15 is 0 Å². The summed E-state index contributed by atoms with van der Waals surface area (Å²) in [5, 5.41) is 3.11. The molecule has 0 bridgehead atoms. The number of nitrogens with zero attached hydrogens (tertiary/aromatic N) is 1. The van der Waals surface area contributed by atoms with Gasteiger partial charge in [0.1, 0.15) is 0 Å². The standard InChI is InChI=1S/C16H25F3N2/c1-4-6-13-7-9-14(10-8-13)15(20-3)11-21(5-2)12-16(17,18)19/h7-10,15,20H,4-6,11-12H2,1-3H3. The number of nitrogens with one attached hydrogen (secondary N) is 1. The molecule has 5 heteroatoms. The first kappa shape index (κ1) is 18.0. The van der Waals surface area contributed by atoms with E-state index < -0.39 is 12.7 Å². The molecule has 0 aliphatic rings. The zero-order chi connectivity index (χ0) is 15.9. The first-order chi connectivity index (χ1) is 9.89. The van der Waals surface area contributed by atoms with Gasteiger partial charge in [-0.2, -0.15) is 13.2 Å². The molecular weight excluding hydrogens is 277 g/mol. The van der Waals surface area contributed by atoms with Gasteiger partial charge in [0.25, 0.3) is 0 Å². The quantitative estimate of drug-likeness (QED) is 0.786. The third-order valence-corrected chi connectivity index (χ3v) is 3.56. The summed E-state index contributed by atoms with van der Waals surface area (Å²) >= 11 is 0. The van der Waals surface area contributed by atoms with E-state index in [4.69, 9.17) is 0 Å². The maximum atomic E-state index is 12.5. The molecule has 0 saturated heterocycles. The van der Waals surface area contributed by atoms with Crippen LogP contribution in [0, 0.1) is 0 Å². The summed E-state index contributed by atoms with van der Waals surface area (Å²) in [6, 6.07) is 8.04. The molecule has 2 nitrogen and oxygen atoms in total. The van der Waals surface area contributed by atoms with Gasteiger partial charge in [0.05, 0.1) is 6.54 Å². The van der Waals surface area contributed by atoms with Crippen LogP contribution in [0.4, 0.5) is 13.2 Å². The first-order valence-corrected chi connectivity index (χ1v) is 7.44. The van der Waals surface area contributed by atoms with Crippen molar-refractivity contribution < 1.29 is 13.2 Å². The van der Waals surface area contributed by atoms with Gasteiger partial charge >= 0.3 is 6.18 Å². The van der Waals surface area contributed by atoms with Crippen LogP contribution in [-0.4, -0.2) is 37.8 Å². The van der Waals surface area contributed by atoms with Crippen LogP contribution in [0.5, 0.6) is 0 Å². The SMILES string of the molecule is CCCc1ccc(C(CN(CC)CC(F)(F)F)NC)cc1. The summed E-state index contributed by atoms with van der Waals surface area (Å²) in [5.74, 6) is 0. The second-order valence-electron chi connectivity index (χ2n) is 5.28. The van der Waals surface area contributed by atoms with Gasteiger partial charge in [-0.15, -0.1) is 0 Å². The number of halogens is 3. The topological polar surface area (TPSA) is 15.3 Å². The fourth-order valence-corrected chi connectivity index (χ4v) is 2.39. The molecule has 1 aromatic carbocycles. The molecule has 0 heterocycles. The van der Waals surface area contributed by atoms with E-state index in [9.17, 15) is 13.2 Å². The Hall–Kier alpha value is -1.07. The highest BCUT2D eigenvalue weighted by atomic mass is 19.4. The maximum Gasteiger partial charge on any atom is 0.401 e. The third kappa shape index (κ3) is 6.48. The molecule has 0 amide bonds. The second-order valence-corrected chi connectivity index (χ2v) is 5.28. The number of rotatable bonds is 8. The zero-order valence-corrected chi connectivity index (χ0v) is 13.0. The lowest BCUT2D eigenvalue weighted by atomic mass is 10.0. The van der Waals surface area contributed by atoms with Crippen molar-refractivity contribution >= 4 is 0 Å². The zero-order valence-electron chi connectivity index (χ0n) is 13.0. The highest BCUT2D eigenvalue weighted by Gasteiger charge is 2.30. The lowest BCUT2D eigenvalue weighted by Gasteiger charge is -2.27. The molecule has 120 valence electrons. The molecule has 21 heavy (non-hydrogen) atoms. The summed E-state index contributed by atoms with van der Waals surface area (Å²) in [6.07, 6.45) is -2.04. The van der Waals surface area contributed by atoms with Crippen molar-refractivity contribution in [3.8, 4) is 0 Å². The van der Waals surface area contributed by atoms with Gasteiger partial charge < -0.3 is 5.32 Å². The Labute approximate surface area is 125 Å². The van der Waals surface area contributed by atoms with E-state index in [2.05, 4.69) is 24.4 Å². The van der Waals surface area contributed by atoms with Crippen molar-refractivity contribution in [1.82, 2.24) is 10.2 Å². The largest absolute Gasteiger partial charge is 0.401 e. The molecule has 1 atom stereocenters. The average Bonchev–Trinajstić information content (AvgIpc) is 2.43. The highest BCUT2D eigenvalue weighted by Crippen LogP contribution is 2.20. The first-order valence-electron chi connectivity index (χ1n) is 7.44. The fourth-order valence-electron chi connectivity index (χ4n) is 2.39. The van der Waals surface area contributed by atoms with Crippen molar-refractivity contribution in [3.05, 3.63) is 35.4 Å². The van der Waals surface area contributed by atoms with E-state index in [1.165, 1.54) is 10.5 Å². The second kappa shape index (κ2) is 8.39. The monoisotopic (exact) mass is 302 g/mol. The number of aryl methyl sites for hydroxylation is 1. The van der Waals surface area contributed by atoms with Crippen LogP contribution in [0.25, 0.3) is 0 Å². The highest BCUT2D eigenvalue weighted by molar-refractivity contribution is 5.25. The normalized spacial score (nSPS) is 13.7. The number of alkyl halides is 3. The molecule has 1 aromatic rings. The Kier molecular flexibility index (Phi) is 7.18. The van der Waals surface area contributed by atoms with Crippen LogP contribution in [-0.2, 0) is 6.42 Å². The summed E-state index contributed by atoms with van der Waals surface area (Å²) < 4.78 is 37.6. The molecule has 1 N–H and O–H groups in total. The molecule has 0 aliphatic heterocycles. The van der Waals surface area contributed by atoms with Crippen molar-refractivity contribution in [3.63, 3.8) is 0 Å². The van der Waals surface area contributed by atoms with Crippen LogP contribution in [0.1, 0.15) is 37.4 Å². The van der Waals surface area contributed by atoms with Crippen LogP contribution in [0.2, 0.25) is 0 Å². The molecule has 0 spiro atoms. The molecular formula is C16H25F3N2. The predicted octanol–water partition coefficient (Wildman–Crippen LogP) is 3.78. The van der Waals surface area contributed by atoms with Crippen LogP contribution >= 0.6 is 0 Å². The molecule has 0 aliphatic carbocycles. The Morgan fingerprint density at radius 2 is 1.76 bits per heavy atom. The number of benzene rings is 1. The minimum atomic E-state index is -4.15. The maximum absolute atomic E-state index is 12.5. The Morgan fingerprint density at radius 3 is 2.19 bits per heavy atom. The summed E-state index contributed by atoms with van der Waals surface area (Å²) in [5.41, 5.74) is 2.29. The number of likely N-dealkylation sites (N-methyl/N-ethyl adjacent to an activating group) is 2. The van der Waals surface area contributed by atoms with Crippen LogP contribution in [0.3, 0.4) is 0 Å². The van der Waals surface area contributed by atoms with Gasteiger partial charge in [-0.1, -0.05) is 44.5 Å². The van der Waals surface area contributed by atoms with E-state index in [-0.39, 0.29) is 6.04 Å². The van der Waals surface area contributed by atoms with Gasteiger partial charge in [-0.25, -0.2) is 0 Å². The lowest BCUT2D eigenvalue weighted by molar-refractivity contribution is -0.146. The average molecular weight is 302 g/mol. The number of hydrogen-bond acceptors (Lipinski definition) is 2. The molecule has 0 saturated carbocycles. The summed E-state index contributed by atoms with van der Waals surface area (Å²) in [6.45, 7) is 3.74. The van der Waals surface area contributed by atoms with E-state index in [1.807, 2.05) is 12.1 Å². The van der Waals surface area contributed by atoms with Crippen LogP contribution < -0.4 is 5.32 Å². The van der Waals surface area contributed by atoms with Crippen molar-refractivity contribution in [2.75, 3.05) is 26.7 Å². The van der Waals surface area contributed by atoms with Crippen molar-refractivity contribution in [2.45, 2.75) is 38.9 Å². The smallest absolute Gasteiger partial charge is 0.312 e. The van der Waals surface area contributed by atoms with Crippen molar-refractivity contribution in [2.24, 2.45) is 0 Å². The van der Waals surface area contributed by atoms with Gasteiger partial charge in [-0.05, 0) is 31.1 Å². The molecule has 0 radical (unpaired) electrons. The Bertz CT molecular complexity index is 401. The third-order valence-electron chi connectivity index (χ3n) is 3.56. The van der Waals surface area contributed by atoms with Crippen molar-refractivity contribution in [1.29, 1.82) is 0 Å². The molecule has 0 fully saturated rings. The number of hydrogen-bond donors (Lipinski definition) is 1.